The van der Waals surface area contributed by atoms with E-state index >= 15 is 0 Å². The van der Waals surface area contributed by atoms with Gasteiger partial charge in [0.1, 0.15) is 0 Å². The Kier molecular flexibility index (Phi) is 5.64. The van der Waals surface area contributed by atoms with Crippen LogP contribution in [-0.2, 0) is 4.79 Å². The lowest BCUT2D eigenvalue weighted by Gasteiger charge is -2.14. The van der Waals surface area contributed by atoms with Gasteiger partial charge in [0.25, 0.3) is 0 Å². The van der Waals surface area contributed by atoms with Crippen LogP contribution in [0.3, 0.4) is 0 Å². The number of carbonyl (C=O) groups is 1. The molecule has 0 aliphatic carbocycles. The maximum Gasteiger partial charge on any atom is 0.220 e. The van der Waals surface area contributed by atoms with E-state index in [4.69, 9.17) is 23.2 Å². The van der Waals surface area contributed by atoms with Crippen molar-refractivity contribution in [3.05, 3.63) is 34.9 Å². The smallest absolute Gasteiger partial charge is 0.220 e. The lowest BCUT2D eigenvalue weighted by atomic mass is 10.1. The van der Waals surface area contributed by atoms with Crippen LogP contribution < -0.4 is 5.32 Å². The van der Waals surface area contributed by atoms with Crippen LogP contribution in [-0.4, -0.2) is 11.8 Å². The summed E-state index contributed by atoms with van der Waals surface area (Å²) < 4.78 is 0. The van der Waals surface area contributed by atoms with Crippen molar-refractivity contribution < 1.29 is 4.79 Å². The van der Waals surface area contributed by atoms with Crippen molar-refractivity contribution in [1.29, 1.82) is 0 Å². The van der Waals surface area contributed by atoms with Crippen molar-refractivity contribution in [2.75, 3.05) is 5.88 Å². The van der Waals surface area contributed by atoms with E-state index in [1.807, 2.05) is 31.2 Å². The molecule has 1 N–H and O–H groups in total. The number of alkyl halides is 1. The Morgan fingerprint density at radius 3 is 2.88 bits per heavy atom. The van der Waals surface area contributed by atoms with Gasteiger partial charge in [-0.05, 0) is 31.0 Å². The fraction of sp³-hybridized carbons (Fsp3) is 0.417. The molecule has 0 fully saturated rings. The minimum atomic E-state index is -0.0264. The van der Waals surface area contributed by atoms with Crippen LogP contribution >= 0.6 is 23.2 Å². The summed E-state index contributed by atoms with van der Waals surface area (Å²) in [5.41, 5.74) is 1.01. The highest BCUT2D eigenvalue weighted by atomic mass is 35.5. The molecule has 88 valence electrons. The average Bonchev–Trinajstić information content (AvgIpc) is 2.26. The molecule has 0 radical (unpaired) electrons. The highest BCUT2D eigenvalue weighted by Crippen LogP contribution is 2.17. The zero-order chi connectivity index (χ0) is 12.0. The van der Waals surface area contributed by atoms with E-state index in [0.29, 0.717) is 23.7 Å². The van der Waals surface area contributed by atoms with Gasteiger partial charge in [-0.15, -0.1) is 11.6 Å². The fourth-order valence-corrected chi connectivity index (χ4v) is 1.73. The number of benzene rings is 1. The summed E-state index contributed by atoms with van der Waals surface area (Å²) >= 11 is 11.4. The number of halogens is 2. The molecule has 0 spiro atoms. The van der Waals surface area contributed by atoms with Crippen LogP contribution in [0.1, 0.15) is 31.4 Å². The Morgan fingerprint density at radius 1 is 1.50 bits per heavy atom. The van der Waals surface area contributed by atoms with Gasteiger partial charge in [-0.3, -0.25) is 4.79 Å². The first kappa shape index (κ1) is 13.3. The topological polar surface area (TPSA) is 29.1 Å². The van der Waals surface area contributed by atoms with Gasteiger partial charge in [-0.1, -0.05) is 23.7 Å². The second-order valence-electron chi connectivity index (χ2n) is 3.64. The van der Waals surface area contributed by atoms with E-state index in [9.17, 15) is 4.79 Å². The molecule has 0 unspecified atom stereocenters. The molecule has 0 bridgehead atoms. The predicted molar refractivity (Wildman–Crippen MR) is 68.0 cm³/mol. The first-order valence-corrected chi connectivity index (χ1v) is 6.15. The number of hydrogen-bond acceptors (Lipinski definition) is 1. The third-order valence-electron chi connectivity index (χ3n) is 2.26. The summed E-state index contributed by atoms with van der Waals surface area (Å²) in [6, 6.07) is 7.46. The molecule has 0 aliphatic rings. The second kappa shape index (κ2) is 6.77. The molecule has 1 atom stereocenters. The summed E-state index contributed by atoms with van der Waals surface area (Å²) in [6.45, 7) is 1.93. The van der Waals surface area contributed by atoms with E-state index < -0.39 is 0 Å². The number of amides is 1. The maximum atomic E-state index is 11.5. The molecule has 0 heterocycles. The molecule has 4 heteroatoms. The highest BCUT2D eigenvalue weighted by Gasteiger charge is 2.09. The van der Waals surface area contributed by atoms with E-state index in [0.717, 1.165) is 5.56 Å². The van der Waals surface area contributed by atoms with Crippen LogP contribution in [0.25, 0.3) is 0 Å². The first-order chi connectivity index (χ1) is 7.63. The highest BCUT2D eigenvalue weighted by molar-refractivity contribution is 6.30. The summed E-state index contributed by atoms with van der Waals surface area (Å²) in [5.74, 6) is 0.534. The van der Waals surface area contributed by atoms with Crippen molar-refractivity contribution in [1.82, 2.24) is 5.32 Å². The summed E-state index contributed by atoms with van der Waals surface area (Å²) in [6.07, 6.45) is 1.17. The third-order valence-corrected chi connectivity index (χ3v) is 2.77. The molecule has 2 nitrogen and oxygen atoms in total. The second-order valence-corrected chi connectivity index (χ2v) is 4.45. The van der Waals surface area contributed by atoms with Crippen molar-refractivity contribution in [2.45, 2.75) is 25.8 Å². The molecule has 1 aromatic rings. The van der Waals surface area contributed by atoms with Gasteiger partial charge in [-0.25, -0.2) is 0 Å². The van der Waals surface area contributed by atoms with Crippen molar-refractivity contribution >= 4 is 29.1 Å². The standard InChI is InChI=1S/C12H15Cl2NO/c1-9(15-12(16)6-3-7-13)10-4-2-5-11(14)8-10/h2,4-5,8-9H,3,6-7H2,1H3,(H,15,16)/t9-/m0/s1. The molecule has 0 saturated carbocycles. The summed E-state index contributed by atoms with van der Waals surface area (Å²) in [4.78, 5) is 11.5. The van der Waals surface area contributed by atoms with Crippen molar-refractivity contribution in [2.24, 2.45) is 0 Å². The number of rotatable bonds is 5. The number of carbonyl (C=O) groups excluding carboxylic acids is 1. The normalized spacial score (nSPS) is 12.2. The van der Waals surface area contributed by atoms with E-state index in [2.05, 4.69) is 5.32 Å². The maximum absolute atomic E-state index is 11.5. The Labute approximate surface area is 106 Å². The number of hydrogen-bond donors (Lipinski definition) is 1. The Morgan fingerprint density at radius 2 is 2.25 bits per heavy atom. The van der Waals surface area contributed by atoms with Crippen LogP contribution in [0.4, 0.5) is 0 Å². The van der Waals surface area contributed by atoms with Crippen LogP contribution in [0.15, 0.2) is 24.3 Å². The lowest BCUT2D eigenvalue weighted by molar-refractivity contribution is -0.121. The van der Waals surface area contributed by atoms with Gasteiger partial charge < -0.3 is 5.32 Å². The van der Waals surface area contributed by atoms with Crippen molar-refractivity contribution in [3.8, 4) is 0 Å². The van der Waals surface area contributed by atoms with Crippen LogP contribution in [0.5, 0.6) is 0 Å². The average molecular weight is 260 g/mol. The van der Waals surface area contributed by atoms with Gasteiger partial charge in [0.15, 0.2) is 0 Å². The zero-order valence-corrected chi connectivity index (χ0v) is 10.7. The van der Waals surface area contributed by atoms with Gasteiger partial charge in [0.2, 0.25) is 5.91 Å². The van der Waals surface area contributed by atoms with Gasteiger partial charge >= 0.3 is 0 Å². The van der Waals surface area contributed by atoms with Crippen molar-refractivity contribution in [3.63, 3.8) is 0 Å². The molecular formula is C12H15Cl2NO. The molecular weight excluding hydrogens is 245 g/mol. The molecule has 1 rings (SSSR count). The Bertz CT molecular complexity index is 355. The van der Waals surface area contributed by atoms with E-state index in [1.165, 1.54) is 0 Å². The molecule has 16 heavy (non-hydrogen) atoms. The lowest BCUT2D eigenvalue weighted by Crippen LogP contribution is -2.26. The first-order valence-electron chi connectivity index (χ1n) is 5.24. The quantitative estimate of drug-likeness (QED) is 0.806. The van der Waals surface area contributed by atoms with E-state index in [-0.39, 0.29) is 11.9 Å². The SMILES string of the molecule is C[C@H](NC(=O)CCCCl)c1cccc(Cl)c1. The summed E-state index contributed by atoms with van der Waals surface area (Å²) in [5, 5.41) is 3.58. The van der Waals surface area contributed by atoms with Crippen LogP contribution in [0.2, 0.25) is 5.02 Å². The minimum Gasteiger partial charge on any atom is -0.350 e. The minimum absolute atomic E-state index is 0.0214. The Balaban J connectivity index is 2.52. The van der Waals surface area contributed by atoms with Crippen LogP contribution in [0, 0.1) is 0 Å². The predicted octanol–water partition coefficient (Wildman–Crippen LogP) is 3.54. The van der Waals surface area contributed by atoms with Gasteiger partial charge in [0, 0.05) is 17.3 Å². The third kappa shape index (κ3) is 4.42. The van der Waals surface area contributed by atoms with Gasteiger partial charge in [0.05, 0.1) is 6.04 Å². The molecule has 1 amide bonds. The van der Waals surface area contributed by atoms with Gasteiger partial charge in [-0.2, -0.15) is 0 Å². The number of nitrogens with one attached hydrogen (secondary N) is 1. The molecule has 0 aliphatic heterocycles. The Hall–Kier alpha value is -0.730. The molecule has 1 aromatic carbocycles. The molecule has 0 saturated heterocycles. The fourth-order valence-electron chi connectivity index (χ4n) is 1.40. The van der Waals surface area contributed by atoms with E-state index in [1.54, 1.807) is 0 Å². The monoisotopic (exact) mass is 259 g/mol. The zero-order valence-electron chi connectivity index (χ0n) is 9.17. The largest absolute Gasteiger partial charge is 0.350 e. The summed E-state index contributed by atoms with van der Waals surface area (Å²) in [7, 11) is 0. The molecule has 0 aromatic heterocycles.